The zero-order chi connectivity index (χ0) is 16.7. The lowest BCUT2D eigenvalue weighted by Gasteiger charge is -2.08. The molecule has 3 aromatic rings. The Morgan fingerprint density at radius 2 is 2.04 bits per heavy atom. The number of carbonyl (C=O) groups is 1. The fourth-order valence-electron chi connectivity index (χ4n) is 2.53. The lowest BCUT2D eigenvalue weighted by Crippen LogP contribution is -2.32. The molecule has 0 aliphatic rings. The summed E-state index contributed by atoms with van der Waals surface area (Å²) in [4.78, 5) is 26.0. The highest BCUT2D eigenvalue weighted by Crippen LogP contribution is 2.23. The van der Waals surface area contributed by atoms with Gasteiger partial charge < -0.3 is 9.64 Å². The molecule has 23 heavy (non-hydrogen) atoms. The SMILES string of the molecule is COc1ccc2c(c1)cc(C)c1nn(CC(=O)N(C)C)c(=O)n12. The molecule has 0 saturated heterocycles. The van der Waals surface area contributed by atoms with E-state index in [2.05, 4.69) is 5.10 Å². The van der Waals surface area contributed by atoms with Gasteiger partial charge >= 0.3 is 5.69 Å². The van der Waals surface area contributed by atoms with E-state index in [1.807, 2.05) is 25.1 Å². The van der Waals surface area contributed by atoms with Crippen LogP contribution in [0.5, 0.6) is 5.75 Å². The standard InChI is InChI=1S/C16H18N4O3/c1-10-7-11-8-12(23-4)5-6-13(11)20-15(10)17-19(16(20)22)9-14(21)18(2)3/h5-8H,9H2,1-4H3. The molecule has 3 rings (SSSR count). The summed E-state index contributed by atoms with van der Waals surface area (Å²) in [6, 6.07) is 7.45. The minimum absolute atomic E-state index is 0.0788. The second-order valence-electron chi connectivity index (χ2n) is 5.64. The van der Waals surface area contributed by atoms with Crippen LogP contribution in [0.15, 0.2) is 29.1 Å². The number of methoxy groups -OCH3 is 1. The Labute approximate surface area is 132 Å². The van der Waals surface area contributed by atoms with Crippen LogP contribution in [0.1, 0.15) is 5.56 Å². The maximum absolute atomic E-state index is 12.7. The third kappa shape index (κ3) is 2.44. The zero-order valence-corrected chi connectivity index (χ0v) is 13.5. The van der Waals surface area contributed by atoms with Crippen LogP contribution < -0.4 is 10.4 Å². The second-order valence-corrected chi connectivity index (χ2v) is 5.64. The van der Waals surface area contributed by atoms with Crippen LogP contribution in [0.3, 0.4) is 0 Å². The van der Waals surface area contributed by atoms with E-state index in [0.29, 0.717) is 5.65 Å². The van der Waals surface area contributed by atoms with Gasteiger partial charge in [-0.25, -0.2) is 13.9 Å². The van der Waals surface area contributed by atoms with Gasteiger partial charge in [-0.1, -0.05) is 0 Å². The van der Waals surface area contributed by atoms with Crippen LogP contribution in [0, 0.1) is 6.92 Å². The molecular formula is C16H18N4O3. The molecule has 0 radical (unpaired) electrons. The third-order valence-electron chi connectivity index (χ3n) is 3.82. The van der Waals surface area contributed by atoms with Crippen molar-refractivity contribution in [3.8, 4) is 5.75 Å². The van der Waals surface area contributed by atoms with Crippen molar-refractivity contribution in [1.82, 2.24) is 19.1 Å². The lowest BCUT2D eigenvalue weighted by molar-refractivity contribution is -0.129. The largest absolute Gasteiger partial charge is 0.497 e. The molecule has 0 atom stereocenters. The van der Waals surface area contributed by atoms with Crippen molar-refractivity contribution in [2.45, 2.75) is 13.5 Å². The van der Waals surface area contributed by atoms with Gasteiger partial charge in [0.1, 0.15) is 12.3 Å². The van der Waals surface area contributed by atoms with E-state index >= 15 is 0 Å². The number of rotatable bonds is 3. The highest BCUT2D eigenvalue weighted by atomic mass is 16.5. The van der Waals surface area contributed by atoms with Crippen molar-refractivity contribution >= 4 is 22.5 Å². The first kappa shape index (κ1) is 15.1. The Bertz CT molecular complexity index is 969. The maximum Gasteiger partial charge on any atom is 0.351 e. The number of nitrogens with zero attached hydrogens (tertiary/aromatic N) is 4. The number of amides is 1. The number of aryl methyl sites for hydroxylation is 1. The topological polar surface area (TPSA) is 68.8 Å². The van der Waals surface area contributed by atoms with E-state index in [1.54, 1.807) is 27.3 Å². The number of carbonyl (C=O) groups excluding carboxylic acids is 1. The van der Waals surface area contributed by atoms with Gasteiger partial charge in [-0.2, -0.15) is 0 Å². The van der Waals surface area contributed by atoms with Crippen LogP contribution in [-0.4, -0.2) is 46.2 Å². The van der Waals surface area contributed by atoms with E-state index in [0.717, 1.165) is 22.2 Å². The molecule has 0 fully saturated rings. The van der Waals surface area contributed by atoms with E-state index < -0.39 is 0 Å². The molecule has 0 bridgehead atoms. The summed E-state index contributed by atoms with van der Waals surface area (Å²) in [5.74, 6) is 0.540. The van der Waals surface area contributed by atoms with E-state index in [4.69, 9.17) is 4.74 Å². The first-order valence-corrected chi connectivity index (χ1v) is 7.19. The Morgan fingerprint density at radius 3 is 2.70 bits per heavy atom. The minimum atomic E-state index is -0.325. The molecule has 7 heteroatoms. The number of benzene rings is 1. The van der Waals surface area contributed by atoms with Crippen LogP contribution in [0.25, 0.3) is 16.6 Å². The van der Waals surface area contributed by atoms with Crippen molar-refractivity contribution in [2.75, 3.05) is 21.2 Å². The summed E-state index contributed by atoms with van der Waals surface area (Å²) in [5, 5.41) is 5.20. The van der Waals surface area contributed by atoms with Gasteiger partial charge in [0.05, 0.1) is 12.6 Å². The quantitative estimate of drug-likeness (QED) is 0.725. The van der Waals surface area contributed by atoms with Gasteiger partial charge in [0.15, 0.2) is 5.65 Å². The van der Waals surface area contributed by atoms with E-state index in [1.165, 1.54) is 14.0 Å². The van der Waals surface area contributed by atoms with Crippen molar-refractivity contribution in [3.05, 3.63) is 40.3 Å². The van der Waals surface area contributed by atoms with Crippen LogP contribution in [0.2, 0.25) is 0 Å². The predicted molar refractivity (Wildman–Crippen MR) is 86.9 cm³/mol. The maximum atomic E-state index is 12.7. The molecule has 0 aliphatic carbocycles. The van der Waals surface area contributed by atoms with Crippen molar-refractivity contribution in [1.29, 1.82) is 0 Å². The zero-order valence-electron chi connectivity index (χ0n) is 13.5. The summed E-state index contributed by atoms with van der Waals surface area (Å²) >= 11 is 0. The van der Waals surface area contributed by atoms with Gasteiger partial charge in [0, 0.05) is 19.5 Å². The van der Waals surface area contributed by atoms with Crippen LogP contribution >= 0.6 is 0 Å². The first-order chi connectivity index (χ1) is 10.9. The number of pyridine rings is 1. The summed E-state index contributed by atoms with van der Waals surface area (Å²) in [6.45, 7) is 1.81. The molecule has 0 N–H and O–H groups in total. The van der Waals surface area contributed by atoms with Gasteiger partial charge in [-0.05, 0) is 36.8 Å². The van der Waals surface area contributed by atoms with Crippen molar-refractivity contribution in [2.24, 2.45) is 0 Å². The Hall–Kier alpha value is -2.83. The average molecular weight is 314 g/mol. The highest BCUT2D eigenvalue weighted by molar-refractivity contribution is 5.84. The molecule has 120 valence electrons. The summed E-state index contributed by atoms with van der Waals surface area (Å²) in [7, 11) is 4.90. The summed E-state index contributed by atoms with van der Waals surface area (Å²) < 4.78 is 7.97. The van der Waals surface area contributed by atoms with Gasteiger partial charge in [0.25, 0.3) is 0 Å². The molecular weight excluding hydrogens is 296 g/mol. The number of hydrogen-bond acceptors (Lipinski definition) is 4. The fourth-order valence-corrected chi connectivity index (χ4v) is 2.53. The van der Waals surface area contributed by atoms with Gasteiger partial charge in [-0.3, -0.25) is 4.79 Å². The Morgan fingerprint density at radius 1 is 1.30 bits per heavy atom. The number of likely N-dealkylation sites (N-methyl/N-ethyl adjacent to an activating group) is 1. The number of aromatic nitrogens is 3. The Kier molecular flexibility index (Phi) is 3.55. The van der Waals surface area contributed by atoms with Crippen LogP contribution in [0.4, 0.5) is 0 Å². The predicted octanol–water partition coefficient (Wildman–Crippen LogP) is 1.05. The molecule has 1 amide bonds. The number of fused-ring (bicyclic) bond motifs is 3. The molecule has 0 saturated carbocycles. The fraction of sp³-hybridized carbons (Fsp3) is 0.312. The molecule has 0 aliphatic heterocycles. The molecule has 2 heterocycles. The first-order valence-electron chi connectivity index (χ1n) is 7.19. The average Bonchev–Trinajstić information content (AvgIpc) is 2.84. The van der Waals surface area contributed by atoms with Crippen LogP contribution in [-0.2, 0) is 11.3 Å². The minimum Gasteiger partial charge on any atom is -0.497 e. The number of ether oxygens (including phenoxy) is 1. The smallest absolute Gasteiger partial charge is 0.351 e. The third-order valence-corrected chi connectivity index (χ3v) is 3.82. The Balaban J connectivity index is 2.27. The van der Waals surface area contributed by atoms with Gasteiger partial charge in [0.2, 0.25) is 5.91 Å². The highest BCUT2D eigenvalue weighted by Gasteiger charge is 2.15. The van der Waals surface area contributed by atoms with Crippen molar-refractivity contribution < 1.29 is 9.53 Å². The van der Waals surface area contributed by atoms with E-state index in [-0.39, 0.29) is 18.1 Å². The molecule has 0 unspecified atom stereocenters. The second kappa shape index (κ2) is 5.42. The molecule has 1 aromatic carbocycles. The lowest BCUT2D eigenvalue weighted by atomic mass is 10.1. The monoisotopic (exact) mass is 314 g/mol. The number of hydrogen-bond donors (Lipinski definition) is 0. The molecule has 2 aromatic heterocycles. The van der Waals surface area contributed by atoms with Gasteiger partial charge in [-0.15, -0.1) is 5.10 Å². The van der Waals surface area contributed by atoms with Crippen molar-refractivity contribution in [3.63, 3.8) is 0 Å². The summed E-state index contributed by atoms with van der Waals surface area (Å²) in [5.41, 5.74) is 1.83. The molecule has 7 nitrogen and oxygen atoms in total. The van der Waals surface area contributed by atoms with E-state index in [9.17, 15) is 9.59 Å². The normalized spacial score (nSPS) is 11.1. The molecule has 0 spiro atoms. The summed E-state index contributed by atoms with van der Waals surface area (Å²) in [6.07, 6.45) is 0.